The number of para-hydroxylation sites is 2. The van der Waals surface area contributed by atoms with Crippen LogP contribution < -0.4 is 20.5 Å². The maximum absolute atomic E-state index is 11.5. The Morgan fingerprint density at radius 3 is 2.43 bits per heavy atom. The summed E-state index contributed by atoms with van der Waals surface area (Å²) in [6.45, 7) is 0. The summed E-state index contributed by atoms with van der Waals surface area (Å²) in [5.74, 6) is 0.666. The summed E-state index contributed by atoms with van der Waals surface area (Å²) >= 11 is 0. The van der Waals surface area contributed by atoms with Crippen LogP contribution in [0.5, 0.6) is 5.75 Å². The lowest BCUT2D eigenvalue weighted by molar-refractivity contribution is 0.415. The van der Waals surface area contributed by atoms with Crippen LogP contribution in [0.25, 0.3) is 0 Å². The number of rotatable bonds is 4. The number of nitrogens with two attached hydrogens (primary N) is 2. The fraction of sp³-hybridized carbons (Fsp3) is 0.143. The molecule has 2 aromatic carbocycles. The molecule has 2 aromatic rings. The Morgan fingerprint density at radius 1 is 1.14 bits per heavy atom. The van der Waals surface area contributed by atoms with E-state index in [0.717, 1.165) is 5.69 Å². The minimum Gasteiger partial charge on any atom is -0.495 e. The minimum absolute atomic E-state index is 0.0285. The summed E-state index contributed by atoms with van der Waals surface area (Å²) in [6, 6.07) is 11.9. The Labute approximate surface area is 124 Å². The quantitative estimate of drug-likeness (QED) is 0.838. The lowest BCUT2D eigenvalue weighted by Crippen LogP contribution is -2.15. The number of hydrogen-bond acceptors (Lipinski definition) is 5. The third-order valence-corrected chi connectivity index (χ3v) is 3.97. The number of anilines is 3. The van der Waals surface area contributed by atoms with Gasteiger partial charge in [0.25, 0.3) is 0 Å². The predicted molar refractivity (Wildman–Crippen MR) is 83.3 cm³/mol. The SMILES string of the molecule is COc1ccccc1N(C)c1cc(N)cc(S(N)(=O)=O)c1. The monoisotopic (exact) mass is 307 g/mol. The summed E-state index contributed by atoms with van der Waals surface area (Å²) in [4.78, 5) is 1.75. The third kappa shape index (κ3) is 3.26. The zero-order valence-corrected chi connectivity index (χ0v) is 12.6. The van der Waals surface area contributed by atoms with Gasteiger partial charge in [0.15, 0.2) is 0 Å². The highest BCUT2D eigenvalue weighted by molar-refractivity contribution is 7.89. The number of methoxy groups -OCH3 is 1. The van der Waals surface area contributed by atoms with Crippen molar-refractivity contribution in [2.75, 3.05) is 24.8 Å². The Kier molecular flexibility index (Phi) is 4.06. The first-order valence-electron chi connectivity index (χ1n) is 6.13. The maximum Gasteiger partial charge on any atom is 0.238 e. The number of sulfonamides is 1. The Bertz CT molecular complexity index is 760. The fourth-order valence-electron chi connectivity index (χ4n) is 2.01. The van der Waals surface area contributed by atoms with Crippen molar-refractivity contribution in [2.24, 2.45) is 5.14 Å². The molecular weight excluding hydrogens is 290 g/mol. The number of hydrogen-bond donors (Lipinski definition) is 2. The van der Waals surface area contributed by atoms with Crippen LogP contribution in [0.15, 0.2) is 47.4 Å². The highest BCUT2D eigenvalue weighted by atomic mass is 32.2. The molecule has 0 aromatic heterocycles. The molecule has 4 N–H and O–H groups in total. The van der Waals surface area contributed by atoms with Crippen LogP contribution in [0.3, 0.4) is 0 Å². The molecule has 2 rings (SSSR count). The van der Waals surface area contributed by atoms with E-state index in [1.807, 2.05) is 24.3 Å². The van der Waals surface area contributed by atoms with Crippen LogP contribution in [0.2, 0.25) is 0 Å². The maximum atomic E-state index is 11.5. The highest BCUT2D eigenvalue weighted by Crippen LogP contribution is 2.33. The molecule has 0 atom stereocenters. The van der Waals surface area contributed by atoms with Gasteiger partial charge in [-0.05, 0) is 30.3 Å². The molecule has 0 bridgehead atoms. The fourth-order valence-corrected chi connectivity index (χ4v) is 2.60. The van der Waals surface area contributed by atoms with Crippen molar-refractivity contribution in [1.82, 2.24) is 0 Å². The molecule has 21 heavy (non-hydrogen) atoms. The number of nitrogen functional groups attached to an aromatic ring is 1. The second kappa shape index (κ2) is 5.63. The van der Waals surface area contributed by atoms with E-state index in [-0.39, 0.29) is 4.90 Å². The van der Waals surface area contributed by atoms with Crippen molar-refractivity contribution in [1.29, 1.82) is 0 Å². The second-order valence-electron chi connectivity index (χ2n) is 4.54. The van der Waals surface area contributed by atoms with Crippen molar-refractivity contribution < 1.29 is 13.2 Å². The van der Waals surface area contributed by atoms with Gasteiger partial charge in [0.2, 0.25) is 10.0 Å². The molecule has 0 aliphatic carbocycles. The first-order valence-corrected chi connectivity index (χ1v) is 7.67. The standard InChI is InChI=1S/C14H17N3O3S/c1-17(13-5-3-4-6-14(13)20-2)11-7-10(15)8-12(9-11)21(16,18)19/h3-9H,15H2,1-2H3,(H2,16,18,19). The molecule has 0 spiro atoms. The molecule has 0 aliphatic rings. The van der Waals surface area contributed by atoms with E-state index in [4.69, 9.17) is 15.6 Å². The van der Waals surface area contributed by atoms with E-state index in [2.05, 4.69) is 0 Å². The molecule has 0 fully saturated rings. The lowest BCUT2D eigenvalue weighted by Gasteiger charge is -2.22. The van der Waals surface area contributed by atoms with Gasteiger partial charge >= 0.3 is 0 Å². The Morgan fingerprint density at radius 2 is 1.81 bits per heavy atom. The number of benzene rings is 2. The normalized spacial score (nSPS) is 11.2. The molecule has 0 saturated carbocycles. The highest BCUT2D eigenvalue weighted by Gasteiger charge is 2.14. The van der Waals surface area contributed by atoms with Crippen LogP contribution >= 0.6 is 0 Å². The molecular formula is C14H17N3O3S. The van der Waals surface area contributed by atoms with E-state index >= 15 is 0 Å². The molecule has 0 aliphatic heterocycles. The van der Waals surface area contributed by atoms with Crippen LogP contribution in [0.1, 0.15) is 0 Å². The first-order chi connectivity index (χ1) is 9.82. The zero-order valence-electron chi connectivity index (χ0n) is 11.8. The Balaban J connectivity index is 2.53. The summed E-state index contributed by atoms with van der Waals surface area (Å²) in [7, 11) is -0.455. The predicted octanol–water partition coefficient (Wildman–Crippen LogP) is 1.69. The van der Waals surface area contributed by atoms with Crippen LogP contribution in [0, 0.1) is 0 Å². The van der Waals surface area contributed by atoms with E-state index in [0.29, 0.717) is 17.1 Å². The molecule has 0 amide bonds. The van der Waals surface area contributed by atoms with E-state index in [1.54, 1.807) is 25.1 Å². The first kappa shape index (κ1) is 15.1. The summed E-state index contributed by atoms with van der Waals surface area (Å²) in [6.07, 6.45) is 0. The largest absolute Gasteiger partial charge is 0.495 e. The average molecular weight is 307 g/mol. The van der Waals surface area contributed by atoms with Gasteiger partial charge in [0, 0.05) is 18.4 Å². The zero-order chi connectivity index (χ0) is 15.6. The van der Waals surface area contributed by atoms with Crippen molar-refractivity contribution in [3.05, 3.63) is 42.5 Å². The van der Waals surface area contributed by atoms with Gasteiger partial charge in [-0.3, -0.25) is 0 Å². The van der Waals surface area contributed by atoms with Crippen molar-refractivity contribution in [3.63, 3.8) is 0 Å². The molecule has 0 radical (unpaired) electrons. The van der Waals surface area contributed by atoms with Gasteiger partial charge in [0.1, 0.15) is 5.75 Å². The molecule has 0 unspecified atom stereocenters. The number of ether oxygens (including phenoxy) is 1. The molecule has 7 heteroatoms. The third-order valence-electron chi connectivity index (χ3n) is 3.08. The number of nitrogens with zero attached hydrogens (tertiary/aromatic N) is 1. The van der Waals surface area contributed by atoms with E-state index < -0.39 is 10.0 Å². The van der Waals surface area contributed by atoms with E-state index in [9.17, 15) is 8.42 Å². The molecule has 6 nitrogen and oxygen atoms in total. The summed E-state index contributed by atoms with van der Waals surface area (Å²) < 4.78 is 28.3. The summed E-state index contributed by atoms with van der Waals surface area (Å²) in [5.41, 5.74) is 7.47. The molecule has 112 valence electrons. The average Bonchev–Trinajstić information content (AvgIpc) is 2.45. The molecule has 0 saturated heterocycles. The van der Waals surface area contributed by atoms with Crippen LogP contribution in [-0.2, 0) is 10.0 Å². The number of primary sulfonamides is 1. The van der Waals surface area contributed by atoms with Gasteiger partial charge in [-0.25, -0.2) is 13.6 Å². The van der Waals surface area contributed by atoms with Crippen molar-refractivity contribution in [3.8, 4) is 5.75 Å². The lowest BCUT2D eigenvalue weighted by atomic mass is 10.2. The van der Waals surface area contributed by atoms with Gasteiger partial charge < -0.3 is 15.4 Å². The van der Waals surface area contributed by atoms with Crippen LogP contribution in [0.4, 0.5) is 17.1 Å². The second-order valence-corrected chi connectivity index (χ2v) is 6.10. The smallest absolute Gasteiger partial charge is 0.238 e. The minimum atomic E-state index is -3.82. The van der Waals surface area contributed by atoms with Crippen molar-refractivity contribution >= 4 is 27.1 Å². The molecule has 0 heterocycles. The van der Waals surface area contributed by atoms with Gasteiger partial charge in [-0.2, -0.15) is 0 Å². The summed E-state index contributed by atoms with van der Waals surface area (Å²) in [5, 5.41) is 5.16. The van der Waals surface area contributed by atoms with Gasteiger partial charge in [-0.15, -0.1) is 0 Å². The van der Waals surface area contributed by atoms with Crippen LogP contribution in [-0.4, -0.2) is 22.6 Å². The van der Waals surface area contributed by atoms with Gasteiger partial charge in [-0.1, -0.05) is 12.1 Å². The topological polar surface area (TPSA) is 98.7 Å². The Hall–Kier alpha value is -2.25. The van der Waals surface area contributed by atoms with E-state index in [1.165, 1.54) is 12.1 Å². The van der Waals surface area contributed by atoms with Crippen molar-refractivity contribution in [2.45, 2.75) is 4.90 Å². The van der Waals surface area contributed by atoms with Gasteiger partial charge in [0.05, 0.1) is 17.7 Å².